The molecule has 5 atom stereocenters. The van der Waals surface area contributed by atoms with Gasteiger partial charge in [0.2, 0.25) is 0 Å². The van der Waals surface area contributed by atoms with Crippen LogP contribution < -0.4 is 0 Å². The molecular weight excluding hydrogens is 270 g/mol. The largest absolute Gasteiger partial charge is 0.462 e. The molecule has 118 valence electrons. The molecule has 0 spiro atoms. The van der Waals surface area contributed by atoms with E-state index in [2.05, 4.69) is 21.0 Å². The summed E-state index contributed by atoms with van der Waals surface area (Å²) in [6.45, 7) is 4.48. The van der Waals surface area contributed by atoms with E-state index in [0.29, 0.717) is 12.5 Å². The van der Waals surface area contributed by atoms with Crippen molar-refractivity contribution in [1.82, 2.24) is 0 Å². The average molecular weight is 296 g/mol. The fraction of sp³-hybridized carbons (Fsp3) is 0.875. The van der Waals surface area contributed by atoms with Gasteiger partial charge in [0.05, 0.1) is 32.5 Å². The third-order valence-electron chi connectivity index (χ3n) is 5.53. The van der Waals surface area contributed by atoms with E-state index >= 15 is 0 Å². The van der Waals surface area contributed by atoms with Crippen molar-refractivity contribution in [3.8, 4) is 0 Å². The van der Waals surface area contributed by atoms with Crippen LogP contribution in [0.2, 0.25) is 0 Å². The van der Waals surface area contributed by atoms with E-state index in [1.54, 1.807) is 0 Å². The molecule has 2 aliphatic carbocycles. The summed E-state index contributed by atoms with van der Waals surface area (Å²) in [4.78, 5) is 24.3. The Morgan fingerprint density at radius 3 is 2.81 bits per heavy atom. The molecule has 2 bridgehead atoms. The van der Waals surface area contributed by atoms with E-state index < -0.39 is 0 Å². The maximum Gasteiger partial charge on any atom is 0.310 e. The van der Waals surface area contributed by atoms with Gasteiger partial charge in [-0.15, -0.1) is 0 Å². The summed E-state index contributed by atoms with van der Waals surface area (Å²) in [5, 5.41) is 0. The van der Waals surface area contributed by atoms with Crippen LogP contribution in [0.25, 0.3) is 0 Å². The zero-order valence-corrected chi connectivity index (χ0v) is 13.2. The number of hydrogen-bond acceptors (Lipinski definition) is 4. The van der Waals surface area contributed by atoms with E-state index in [0.717, 1.165) is 36.8 Å². The maximum atomic E-state index is 12.4. The zero-order chi connectivity index (χ0) is 15.2. The fourth-order valence-electron chi connectivity index (χ4n) is 4.53. The smallest absolute Gasteiger partial charge is 0.310 e. The van der Waals surface area contributed by atoms with Gasteiger partial charge in [0.1, 0.15) is 19.3 Å². The molecule has 0 aromatic heterocycles. The summed E-state index contributed by atoms with van der Waals surface area (Å²) in [5.41, 5.74) is 0. The first-order valence-electron chi connectivity index (χ1n) is 8.12. The molecule has 1 heterocycles. The number of quaternary nitrogens is 1. The van der Waals surface area contributed by atoms with Crippen molar-refractivity contribution in [2.75, 3.05) is 33.8 Å². The molecule has 0 radical (unpaired) electrons. The Labute approximate surface area is 126 Å². The van der Waals surface area contributed by atoms with Gasteiger partial charge in [-0.25, -0.2) is 0 Å². The summed E-state index contributed by atoms with van der Waals surface area (Å²) in [6.07, 6.45) is 3.00. The van der Waals surface area contributed by atoms with Gasteiger partial charge in [-0.3, -0.25) is 9.59 Å². The highest BCUT2D eigenvalue weighted by molar-refractivity contribution is 5.85. The van der Waals surface area contributed by atoms with Crippen LogP contribution in [0.1, 0.15) is 26.2 Å². The highest BCUT2D eigenvalue weighted by Crippen LogP contribution is 2.57. The first-order valence-corrected chi connectivity index (χ1v) is 8.12. The van der Waals surface area contributed by atoms with Crippen LogP contribution in [0.15, 0.2) is 0 Å². The summed E-state index contributed by atoms with van der Waals surface area (Å²) in [6, 6.07) is 0. The summed E-state index contributed by atoms with van der Waals surface area (Å²) in [5.74, 6) is -0.257. The van der Waals surface area contributed by atoms with Crippen molar-refractivity contribution < 1.29 is 23.5 Å². The molecule has 3 aliphatic rings. The SMILES string of the molecule is CCC[N+](C)(C)CCOC(=O)[C@@H]1[C@@H]2C[C@@H]3[C@@H]1C(=O)O[C@@H]3C2. The van der Waals surface area contributed by atoms with Crippen LogP contribution >= 0.6 is 0 Å². The highest BCUT2D eigenvalue weighted by Gasteiger charge is 2.64. The zero-order valence-electron chi connectivity index (χ0n) is 13.2. The molecule has 3 rings (SSSR count). The number of esters is 2. The molecule has 0 aromatic carbocycles. The first kappa shape index (κ1) is 14.8. The number of fused-ring (bicyclic) bond motifs is 1. The maximum absolute atomic E-state index is 12.4. The molecule has 0 aromatic rings. The number of carbonyl (C=O) groups excluding carboxylic acids is 2. The van der Waals surface area contributed by atoms with Gasteiger partial charge in [0, 0.05) is 5.92 Å². The molecule has 5 nitrogen and oxygen atoms in total. The quantitative estimate of drug-likeness (QED) is 0.546. The minimum Gasteiger partial charge on any atom is -0.462 e. The van der Waals surface area contributed by atoms with Gasteiger partial charge < -0.3 is 14.0 Å². The topological polar surface area (TPSA) is 52.6 Å². The number of likely N-dealkylation sites (N-methyl/N-ethyl adjacent to an activating group) is 1. The molecule has 1 saturated heterocycles. The predicted molar refractivity (Wildman–Crippen MR) is 76.2 cm³/mol. The van der Waals surface area contributed by atoms with Crippen LogP contribution in [0.4, 0.5) is 0 Å². The second-order valence-corrected chi connectivity index (χ2v) is 7.47. The van der Waals surface area contributed by atoms with Gasteiger partial charge in [0.25, 0.3) is 0 Å². The van der Waals surface area contributed by atoms with Crippen LogP contribution in [-0.4, -0.2) is 56.3 Å². The predicted octanol–water partition coefficient (Wildman–Crippen LogP) is 1.21. The Balaban J connectivity index is 1.54. The normalized spacial score (nSPS) is 36.9. The molecule has 2 saturated carbocycles. The van der Waals surface area contributed by atoms with Crippen molar-refractivity contribution >= 4 is 11.9 Å². The van der Waals surface area contributed by atoms with E-state index in [1.807, 2.05) is 0 Å². The Morgan fingerprint density at radius 1 is 1.33 bits per heavy atom. The monoisotopic (exact) mass is 296 g/mol. The number of ether oxygens (including phenoxy) is 2. The van der Waals surface area contributed by atoms with Gasteiger partial charge in [-0.05, 0) is 25.2 Å². The Bertz CT molecular complexity index is 446. The van der Waals surface area contributed by atoms with Crippen molar-refractivity contribution in [2.45, 2.75) is 32.3 Å². The van der Waals surface area contributed by atoms with Crippen molar-refractivity contribution in [2.24, 2.45) is 23.7 Å². The van der Waals surface area contributed by atoms with Gasteiger partial charge in [0.15, 0.2) is 0 Å². The molecule has 0 amide bonds. The minimum atomic E-state index is -0.247. The lowest BCUT2D eigenvalue weighted by atomic mass is 9.80. The molecule has 1 aliphatic heterocycles. The third-order valence-corrected chi connectivity index (χ3v) is 5.53. The second kappa shape index (κ2) is 5.27. The average Bonchev–Trinajstić information content (AvgIpc) is 2.98. The summed E-state index contributed by atoms with van der Waals surface area (Å²) >= 11 is 0. The minimum absolute atomic E-state index is 0.0803. The summed E-state index contributed by atoms with van der Waals surface area (Å²) in [7, 11) is 4.29. The van der Waals surface area contributed by atoms with E-state index in [-0.39, 0.29) is 35.8 Å². The lowest BCUT2D eigenvalue weighted by Crippen LogP contribution is -2.43. The lowest BCUT2D eigenvalue weighted by Gasteiger charge is -2.29. The van der Waals surface area contributed by atoms with E-state index in [4.69, 9.17) is 9.47 Å². The Kier molecular flexibility index (Phi) is 3.72. The van der Waals surface area contributed by atoms with E-state index in [9.17, 15) is 9.59 Å². The van der Waals surface area contributed by atoms with Crippen LogP contribution in [-0.2, 0) is 19.1 Å². The Hall–Kier alpha value is -1.10. The number of nitrogens with zero attached hydrogens (tertiary/aromatic N) is 1. The fourth-order valence-corrected chi connectivity index (χ4v) is 4.53. The number of rotatable bonds is 6. The summed E-state index contributed by atoms with van der Waals surface area (Å²) < 4.78 is 11.7. The lowest BCUT2D eigenvalue weighted by molar-refractivity contribution is -0.890. The molecule has 0 unspecified atom stereocenters. The molecule has 21 heavy (non-hydrogen) atoms. The van der Waals surface area contributed by atoms with Gasteiger partial charge in [-0.1, -0.05) is 6.92 Å². The first-order chi connectivity index (χ1) is 9.93. The Morgan fingerprint density at radius 2 is 2.10 bits per heavy atom. The molecule has 3 fully saturated rings. The van der Waals surface area contributed by atoms with Crippen molar-refractivity contribution in [3.63, 3.8) is 0 Å². The van der Waals surface area contributed by atoms with Gasteiger partial charge >= 0.3 is 11.9 Å². The standard InChI is InChI=1S/C16H26NO4/c1-4-5-17(2,3)6-7-20-15(18)13-10-8-11-12(9-10)21-16(19)14(11)13/h10-14H,4-9H2,1-3H3/q+1/t10-,11+,12-,13-,14+/m1/s1. The van der Waals surface area contributed by atoms with Crippen molar-refractivity contribution in [1.29, 1.82) is 0 Å². The van der Waals surface area contributed by atoms with Crippen molar-refractivity contribution in [3.05, 3.63) is 0 Å². The van der Waals surface area contributed by atoms with Crippen LogP contribution in [0.5, 0.6) is 0 Å². The third kappa shape index (κ3) is 2.56. The van der Waals surface area contributed by atoms with E-state index in [1.165, 1.54) is 0 Å². The van der Waals surface area contributed by atoms with Crippen LogP contribution in [0.3, 0.4) is 0 Å². The molecule has 5 heteroatoms. The second-order valence-electron chi connectivity index (χ2n) is 7.47. The number of hydrogen-bond donors (Lipinski definition) is 0. The highest BCUT2D eigenvalue weighted by atomic mass is 16.6. The molecule has 0 N–H and O–H groups in total. The molecular formula is C16H26NO4+. The van der Waals surface area contributed by atoms with Crippen LogP contribution in [0, 0.1) is 23.7 Å². The number of carbonyl (C=O) groups is 2. The van der Waals surface area contributed by atoms with Gasteiger partial charge in [-0.2, -0.15) is 0 Å².